The maximum absolute atomic E-state index is 12.8. The number of ketones is 1. The third-order valence-electron chi connectivity index (χ3n) is 1.48. The minimum absolute atomic E-state index is 0.0194. The lowest BCUT2D eigenvalue weighted by molar-refractivity contribution is -0.113. The lowest BCUT2D eigenvalue weighted by atomic mass is 10.1. The van der Waals surface area contributed by atoms with Gasteiger partial charge in [0.05, 0.1) is 6.54 Å². The highest BCUT2D eigenvalue weighted by Crippen LogP contribution is 2.18. The summed E-state index contributed by atoms with van der Waals surface area (Å²) in [5.74, 6) is -3.95. The second kappa shape index (κ2) is 3.10. The molecule has 66 valence electrons. The van der Waals surface area contributed by atoms with Gasteiger partial charge in [-0.2, -0.15) is 8.78 Å². The van der Waals surface area contributed by atoms with E-state index in [2.05, 4.69) is 4.99 Å². The van der Waals surface area contributed by atoms with Crippen molar-refractivity contribution in [1.82, 2.24) is 0 Å². The Kier molecular flexibility index (Phi) is 2.32. The smallest absolute Gasteiger partial charge is 0.305 e. The SMILES string of the molecule is NCC(F)(F)C1=NC=CCC1=O. The molecule has 0 aliphatic carbocycles. The number of nitrogens with zero attached hydrogens (tertiary/aromatic N) is 1. The minimum Gasteiger partial charge on any atom is -0.325 e. The summed E-state index contributed by atoms with van der Waals surface area (Å²) in [6.07, 6.45) is 2.60. The number of alkyl halides is 2. The summed E-state index contributed by atoms with van der Waals surface area (Å²) < 4.78 is 25.6. The number of halogens is 2. The summed E-state index contributed by atoms with van der Waals surface area (Å²) in [6.45, 7) is -0.884. The van der Waals surface area contributed by atoms with Crippen LogP contribution in [0.15, 0.2) is 17.3 Å². The molecule has 0 saturated carbocycles. The van der Waals surface area contributed by atoms with E-state index in [1.165, 1.54) is 12.3 Å². The molecule has 0 aromatic carbocycles. The Hall–Kier alpha value is -1.10. The molecule has 0 amide bonds. The topological polar surface area (TPSA) is 55.4 Å². The lowest BCUT2D eigenvalue weighted by Crippen LogP contribution is -2.42. The number of carbonyl (C=O) groups is 1. The fraction of sp³-hybridized carbons (Fsp3) is 0.429. The number of aliphatic imine (C=N–C) groups is 1. The van der Waals surface area contributed by atoms with Gasteiger partial charge >= 0.3 is 5.92 Å². The van der Waals surface area contributed by atoms with Crippen molar-refractivity contribution < 1.29 is 13.6 Å². The summed E-state index contributed by atoms with van der Waals surface area (Å²) >= 11 is 0. The molecule has 1 aliphatic rings. The number of allylic oxidation sites excluding steroid dienone is 1. The molecule has 3 nitrogen and oxygen atoms in total. The van der Waals surface area contributed by atoms with Gasteiger partial charge in [0.2, 0.25) is 0 Å². The van der Waals surface area contributed by atoms with E-state index in [1.54, 1.807) is 0 Å². The van der Waals surface area contributed by atoms with Crippen LogP contribution in [0.2, 0.25) is 0 Å². The maximum Gasteiger partial charge on any atom is 0.305 e. The van der Waals surface area contributed by atoms with Crippen LogP contribution < -0.4 is 5.73 Å². The van der Waals surface area contributed by atoms with Gasteiger partial charge in [-0.1, -0.05) is 6.08 Å². The zero-order valence-electron chi connectivity index (χ0n) is 6.26. The molecular weight excluding hydrogens is 166 g/mol. The summed E-state index contributed by atoms with van der Waals surface area (Å²) in [5.41, 5.74) is 4.06. The molecule has 5 heteroatoms. The Balaban J connectivity index is 2.93. The van der Waals surface area contributed by atoms with E-state index in [0.29, 0.717) is 0 Å². The lowest BCUT2D eigenvalue weighted by Gasteiger charge is -2.16. The second-order valence-electron chi connectivity index (χ2n) is 2.40. The monoisotopic (exact) mass is 174 g/mol. The Labute approximate surface area is 68.0 Å². The van der Waals surface area contributed by atoms with Gasteiger partial charge in [-0.3, -0.25) is 9.79 Å². The predicted octanol–water partition coefficient (Wildman–Crippen LogP) is 0.508. The quantitative estimate of drug-likeness (QED) is 0.663. The van der Waals surface area contributed by atoms with Gasteiger partial charge < -0.3 is 5.73 Å². The number of hydrogen-bond donors (Lipinski definition) is 1. The van der Waals surface area contributed by atoms with Crippen LogP contribution in [0, 0.1) is 0 Å². The normalized spacial score (nSPS) is 17.9. The summed E-state index contributed by atoms with van der Waals surface area (Å²) in [5, 5.41) is 0. The van der Waals surface area contributed by atoms with E-state index in [4.69, 9.17) is 5.73 Å². The molecule has 1 heterocycles. The molecule has 0 spiro atoms. The van der Waals surface area contributed by atoms with Crippen LogP contribution in [-0.2, 0) is 4.79 Å². The molecule has 0 bridgehead atoms. The Morgan fingerprint density at radius 3 is 2.83 bits per heavy atom. The van der Waals surface area contributed by atoms with Crippen molar-refractivity contribution in [1.29, 1.82) is 0 Å². The Morgan fingerprint density at radius 2 is 2.33 bits per heavy atom. The van der Waals surface area contributed by atoms with Crippen molar-refractivity contribution in [2.75, 3.05) is 6.54 Å². The first kappa shape index (κ1) is 8.99. The van der Waals surface area contributed by atoms with E-state index in [0.717, 1.165) is 0 Å². The van der Waals surface area contributed by atoms with Gasteiger partial charge in [0.25, 0.3) is 0 Å². The van der Waals surface area contributed by atoms with Gasteiger partial charge in [-0.05, 0) is 0 Å². The molecule has 1 aliphatic heterocycles. The molecule has 0 atom stereocenters. The van der Waals surface area contributed by atoms with Crippen LogP contribution in [0.3, 0.4) is 0 Å². The molecule has 0 fully saturated rings. The summed E-state index contributed by atoms with van der Waals surface area (Å²) in [7, 11) is 0. The van der Waals surface area contributed by atoms with E-state index in [9.17, 15) is 13.6 Å². The van der Waals surface area contributed by atoms with E-state index < -0.39 is 24.0 Å². The first-order valence-corrected chi connectivity index (χ1v) is 3.42. The Morgan fingerprint density at radius 1 is 1.67 bits per heavy atom. The van der Waals surface area contributed by atoms with Gasteiger partial charge in [-0.15, -0.1) is 0 Å². The molecule has 1 rings (SSSR count). The van der Waals surface area contributed by atoms with Gasteiger partial charge in [-0.25, -0.2) is 0 Å². The number of Topliss-reactive ketones (excluding diaryl/α,β-unsaturated/α-hetero) is 1. The average molecular weight is 174 g/mol. The van der Waals surface area contributed by atoms with Crippen LogP contribution in [0.25, 0.3) is 0 Å². The fourth-order valence-electron chi connectivity index (χ4n) is 0.851. The van der Waals surface area contributed by atoms with E-state index in [-0.39, 0.29) is 6.42 Å². The van der Waals surface area contributed by atoms with Crippen LogP contribution in [-0.4, -0.2) is 24.0 Å². The third kappa shape index (κ3) is 1.55. The van der Waals surface area contributed by atoms with Crippen molar-refractivity contribution in [3.8, 4) is 0 Å². The van der Waals surface area contributed by atoms with E-state index in [1.807, 2.05) is 0 Å². The summed E-state index contributed by atoms with van der Waals surface area (Å²) in [6, 6.07) is 0. The molecule has 0 saturated heterocycles. The fourth-order valence-corrected chi connectivity index (χ4v) is 0.851. The zero-order chi connectivity index (χ0) is 9.19. The van der Waals surface area contributed by atoms with Gasteiger partial charge in [0.15, 0.2) is 11.5 Å². The maximum atomic E-state index is 12.8. The number of rotatable bonds is 2. The van der Waals surface area contributed by atoms with Crippen molar-refractivity contribution in [2.24, 2.45) is 10.7 Å². The molecule has 12 heavy (non-hydrogen) atoms. The highest BCUT2D eigenvalue weighted by atomic mass is 19.3. The predicted molar refractivity (Wildman–Crippen MR) is 40.2 cm³/mol. The molecular formula is C7H8F2N2O. The van der Waals surface area contributed by atoms with Crippen molar-refractivity contribution in [3.05, 3.63) is 12.3 Å². The van der Waals surface area contributed by atoms with Crippen molar-refractivity contribution >= 4 is 11.5 Å². The van der Waals surface area contributed by atoms with Crippen molar-refractivity contribution in [2.45, 2.75) is 12.3 Å². The standard InChI is InChI=1S/C7H8F2N2O/c8-7(9,4-10)6-5(12)2-1-3-11-6/h1,3H,2,4,10H2. The number of carbonyl (C=O) groups excluding carboxylic acids is 1. The van der Waals surface area contributed by atoms with Crippen LogP contribution in [0.5, 0.6) is 0 Å². The van der Waals surface area contributed by atoms with Crippen LogP contribution in [0.1, 0.15) is 6.42 Å². The first-order valence-electron chi connectivity index (χ1n) is 3.42. The number of hydrogen-bond acceptors (Lipinski definition) is 3. The molecule has 0 aromatic rings. The Bertz CT molecular complexity index is 258. The first-order chi connectivity index (χ1) is 5.58. The zero-order valence-corrected chi connectivity index (χ0v) is 6.26. The van der Waals surface area contributed by atoms with Crippen LogP contribution >= 0.6 is 0 Å². The molecule has 2 N–H and O–H groups in total. The average Bonchev–Trinajstić information content (AvgIpc) is 2.05. The van der Waals surface area contributed by atoms with Crippen LogP contribution in [0.4, 0.5) is 8.78 Å². The highest BCUT2D eigenvalue weighted by molar-refractivity contribution is 6.43. The second-order valence-corrected chi connectivity index (χ2v) is 2.40. The van der Waals surface area contributed by atoms with Gasteiger partial charge in [0.1, 0.15) is 0 Å². The number of nitrogens with two attached hydrogens (primary N) is 1. The summed E-state index contributed by atoms with van der Waals surface area (Å²) in [4.78, 5) is 14.2. The third-order valence-corrected chi connectivity index (χ3v) is 1.48. The highest BCUT2D eigenvalue weighted by Gasteiger charge is 2.38. The largest absolute Gasteiger partial charge is 0.325 e. The van der Waals surface area contributed by atoms with Gasteiger partial charge in [0, 0.05) is 12.6 Å². The van der Waals surface area contributed by atoms with Crippen molar-refractivity contribution in [3.63, 3.8) is 0 Å². The molecule has 0 aromatic heterocycles. The molecule has 0 unspecified atom stereocenters. The molecule has 0 radical (unpaired) electrons. The minimum atomic E-state index is -3.29. The van der Waals surface area contributed by atoms with E-state index >= 15 is 0 Å².